The molecule has 1 amide bonds. The SMILES string of the molecule is COc1ncc(-c2cccc(N(C[C@@H]3CC[C@@H](c4ccc(OC)c(C)c4)C(C)C3)C(=O)[C@H]3CC[C@H](O)CC3)c2)s1. The molecule has 7 heteroatoms. The second kappa shape index (κ2) is 12.7. The van der Waals surface area contributed by atoms with E-state index >= 15 is 0 Å². The Labute approximate surface area is 242 Å². The number of hydrogen-bond donors (Lipinski definition) is 1. The molecule has 5 rings (SSSR count). The Morgan fingerprint density at radius 1 is 1.05 bits per heavy atom. The minimum Gasteiger partial charge on any atom is -0.496 e. The summed E-state index contributed by atoms with van der Waals surface area (Å²) in [6.07, 6.45) is 7.78. The molecule has 1 N–H and O–H groups in total. The largest absolute Gasteiger partial charge is 0.496 e. The molecule has 1 unspecified atom stereocenters. The van der Waals surface area contributed by atoms with Gasteiger partial charge in [-0.3, -0.25) is 4.79 Å². The normalized spacial score (nSPS) is 24.9. The van der Waals surface area contributed by atoms with Gasteiger partial charge in [0.1, 0.15) is 5.75 Å². The van der Waals surface area contributed by atoms with Crippen LogP contribution in [0, 0.1) is 24.7 Å². The first-order valence-corrected chi connectivity index (χ1v) is 15.4. The van der Waals surface area contributed by atoms with Crippen LogP contribution in [0.5, 0.6) is 10.9 Å². The Balaban J connectivity index is 1.36. The van der Waals surface area contributed by atoms with Crippen molar-refractivity contribution in [1.29, 1.82) is 0 Å². The van der Waals surface area contributed by atoms with Gasteiger partial charge in [0.05, 0.1) is 25.2 Å². The average molecular weight is 563 g/mol. The maximum Gasteiger partial charge on any atom is 0.273 e. The number of aliphatic hydroxyl groups is 1. The fraction of sp³-hybridized carbons (Fsp3) is 0.515. The van der Waals surface area contributed by atoms with Crippen LogP contribution in [0.3, 0.4) is 0 Å². The Morgan fingerprint density at radius 3 is 2.52 bits per heavy atom. The quantitative estimate of drug-likeness (QED) is 0.313. The summed E-state index contributed by atoms with van der Waals surface area (Å²) in [4.78, 5) is 21.5. The van der Waals surface area contributed by atoms with Gasteiger partial charge in [0.15, 0.2) is 0 Å². The van der Waals surface area contributed by atoms with Gasteiger partial charge < -0.3 is 19.5 Å². The number of nitrogens with zero attached hydrogens (tertiary/aromatic N) is 2. The standard InChI is InChI=1S/C33H42N2O4S/c1-21-16-23(8-14-29(21)25-11-15-30(38-3)22(2)17-25)20-35(32(37)24-9-12-28(36)13-10-24)27-7-5-6-26(18-27)31-19-34-33(39-4)40-31/h5-7,11,15,17-19,21,23-24,28-29,36H,8-10,12-14,16,20H2,1-4H3/t21?,23-,24-,28-,29-/m1/s1. The first-order valence-electron chi connectivity index (χ1n) is 14.6. The highest BCUT2D eigenvalue weighted by atomic mass is 32.1. The Kier molecular flexibility index (Phi) is 9.11. The van der Waals surface area contributed by atoms with E-state index in [1.165, 1.54) is 22.5 Å². The van der Waals surface area contributed by atoms with Gasteiger partial charge in [-0.1, -0.05) is 42.5 Å². The second-order valence-electron chi connectivity index (χ2n) is 11.7. The number of anilines is 1. The van der Waals surface area contributed by atoms with Crippen molar-refractivity contribution in [2.45, 2.75) is 70.8 Å². The summed E-state index contributed by atoms with van der Waals surface area (Å²) >= 11 is 1.51. The lowest BCUT2D eigenvalue weighted by atomic mass is 9.71. The number of aromatic nitrogens is 1. The van der Waals surface area contributed by atoms with Gasteiger partial charge in [-0.25, -0.2) is 4.98 Å². The lowest BCUT2D eigenvalue weighted by molar-refractivity contribution is -0.124. The number of aryl methyl sites for hydroxylation is 1. The molecule has 214 valence electrons. The number of carbonyl (C=O) groups is 1. The number of benzene rings is 2. The average Bonchev–Trinajstić information content (AvgIpc) is 3.46. The van der Waals surface area contributed by atoms with E-state index in [1.807, 2.05) is 12.3 Å². The second-order valence-corrected chi connectivity index (χ2v) is 12.7. The first-order chi connectivity index (χ1) is 19.4. The molecule has 2 fully saturated rings. The third-order valence-corrected chi connectivity index (χ3v) is 9.99. The smallest absolute Gasteiger partial charge is 0.273 e. The maximum atomic E-state index is 14.0. The topological polar surface area (TPSA) is 71.9 Å². The molecule has 0 aliphatic heterocycles. The van der Waals surface area contributed by atoms with Crippen LogP contribution in [0.15, 0.2) is 48.7 Å². The van der Waals surface area contributed by atoms with Crippen molar-refractivity contribution in [2.24, 2.45) is 17.8 Å². The predicted molar refractivity (Wildman–Crippen MR) is 161 cm³/mol. The van der Waals surface area contributed by atoms with Crippen molar-refractivity contribution in [2.75, 3.05) is 25.7 Å². The van der Waals surface area contributed by atoms with Gasteiger partial charge in [-0.2, -0.15) is 0 Å². The Bertz CT molecular complexity index is 1300. The molecule has 40 heavy (non-hydrogen) atoms. The molecular formula is C33H42N2O4S. The summed E-state index contributed by atoms with van der Waals surface area (Å²) in [7, 11) is 3.36. The summed E-state index contributed by atoms with van der Waals surface area (Å²) in [5.74, 6) is 2.60. The lowest BCUT2D eigenvalue weighted by Crippen LogP contribution is -2.42. The summed E-state index contributed by atoms with van der Waals surface area (Å²) < 4.78 is 10.8. The van der Waals surface area contributed by atoms with Crippen LogP contribution in [0.4, 0.5) is 5.69 Å². The number of ether oxygens (including phenoxy) is 2. The Morgan fingerprint density at radius 2 is 1.85 bits per heavy atom. The minimum absolute atomic E-state index is 0.0356. The highest BCUT2D eigenvalue weighted by molar-refractivity contribution is 7.16. The van der Waals surface area contributed by atoms with Gasteiger partial charge in [0.25, 0.3) is 5.19 Å². The van der Waals surface area contributed by atoms with E-state index in [0.29, 0.717) is 35.8 Å². The van der Waals surface area contributed by atoms with E-state index in [1.54, 1.807) is 14.2 Å². The number of aliphatic hydroxyl groups excluding tert-OH is 1. The molecule has 0 saturated heterocycles. The van der Waals surface area contributed by atoms with Gasteiger partial charge >= 0.3 is 0 Å². The van der Waals surface area contributed by atoms with Crippen LogP contribution in [0.2, 0.25) is 0 Å². The van der Waals surface area contributed by atoms with Crippen LogP contribution in [-0.4, -0.2) is 42.9 Å². The first kappa shape index (κ1) is 28.6. The molecule has 2 aliphatic carbocycles. The summed E-state index contributed by atoms with van der Waals surface area (Å²) in [5.41, 5.74) is 4.57. The molecule has 0 radical (unpaired) electrons. The van der Waals surface area contributed by atoms with Gasteiger partial charge in [0.2, 0.25) is 5.91 Å². The summed E-state index contributed by atoms with van der Waals surface area (Å²) in [6.45, 7) is 5.21. The van der Waals surface area contributed by atoms with E-state index in [-0.39, 0.29) is 17.9 Å². The van der Waals surface area contributed by atoms with Crippen molar-refractivity contribution in [1.82, 2.24) is 4.98 Å². The van der Waals surface area contributed by atoms with Crippen LogP contribution in [0.1, 0.15) is 68.9 Å². The third-order valence-electron chi connectivity index (χ3n) is 8.98. The zero-order valence-corrected chi connectivity index (χ0v) is 25.0. The molecule has 2 aliphatic rings. The molecule has 3 atom stereocenters. The van der Waals surface area contributed by atoms with Crippen LogP contribution >= 0.6 is 11.3 Å². The molecule has 0 spiro atoms. The molecule has 2 saturated carbocycles. The monoisotopic (exact) mass is 562 g/mol. The highest BCUT2D eigenvalue weighted by Gasteiger charge is 2.34. The van der Waals surface area contributed by atoms with Crippen molar-refractivity contribution in [3.63, 3.8) is 0 Å². The predicted octanol–water partition coefficient (Wildman–Crippen LogP) is 7.24. The van der Waals surface area contributed by atoms with Gasteiger partial charge in [-0.15, -0.1) is 0 Å². The van der Waals surface area contributed by atoms with Crippen molar-refractivity contribution in [3.05, 3.63) is 59.8 Å². The third kappa shape index (κ3) is 6.36. The number of amides is 1. The van der Waals surface area contributed by atoms with E-state index in [0.717, 1.165) is 60.5 Å². The maximum absolute atomic E-state index is 14.0. The van der Waals surface area contributed by atoms with Crippen molar-refractivity contribution in [3.8, 4) is 21.4 Å². The van der Waals surface area contributed by atoms with Crippen molar-refractivity contribution < 1.29 is 19.4 Å². The molecule has 0 bridgehead atoms. The molecule has 3 aromatic rings. The molecule has 2 aromatic carbocycles. The van der Waals surface area contributed by atoms with Crippen LogP contribution < -0.4 is 14.4 Å². The number of thiazole rings is 1. The summed E-state index contributed by atoms with van der Waals surface area (Å²) in [6, 6.07) is 14.9. The molecule has 1 heterocycles. The van der Waals surface area contributed by atoms with Crippen LogP contribution in [-0.2, 0) is 4.79 Å². The number of rotatable bonds is 8. The number of carbonyl (C=O) groups excluding carboxylic acids is 1. The fourth-order valence-electron chi connectivity index (χ4n) is 6.74. The molecule has 6 nitrogen and oxygen atoms in total. The fourth-order valence-corrected chi connectivity index (χ4v) is 7.47. The number of hydrogen-bond acceptors (Lipinski definition) is 6. The molecule has 1 aromatic heterocycles. The zero-order valence-electron chi connectivity index (χ0n) is 24.1. The summed E-state index contributed by atoms with van der Waals surface area (Å²) in [5, 5.41) is 10.7. The lowest BCUT2D eigenvalue weighted by Gasteiger charge is -2.38. The Hall–Kier alpha value is -2.90. The van der Waals surface area contributed by atoms with E-state index < -0.39 is 0 Å². The number of methoxy groups -OCH3 is 2. The zero-order chi connectivity index (χ0) is 28.2. The van der Waals surface area contributed by atoms with Gasteiger partial charge in [-0.05, 0) is 105 Å². The van der Waals surface area contributed by atoms with Gasteiger partial charge in [0, 0.05) is 24.3 Å². The van der Waals surface area contributed by atoms with E-state index in [9.17, 15) is 9.90 Å². The minimum atomic E-state index is -0.278. The molecular weight excluding hydrogens is 520 g/mol. The van der Waals surface area contributed by atoms with E-state index in [4.69, 9.17) is 9.47 Å². The highest BCUT2D eigenvalue weighted by Crippen LogP contribution is 2.42. The van der Waals surface area contributed by atoms with Crippen LogP contribution in [0.25, 0.3) is 10.4 Å². The van der Waals surface area contributed by atoms with E-state index in [2.05, 4.69) is 60.1 Å². The van der Waals surface area contributed by atoms with Crippen molar-refractivity contribution >= 4 is 22.9 Å².